The molecular formula is C10H16N4S2. The van der Waals surface area contributed by atoms with Gasteiger partial charge >= 0.3 is 0 Å². The fourth-order valence-electron chi connectivity index (χ4n) is 1.32. The van der Waals surface area contributed by atoms with Crippen molar-refractivity contribution in [2.24, 2.45) is 5.73 Å². The number of nitrogens with two attached hydrogens (primary N) is 1. The minimum Gasteiger partial charge on any atom is -0.388 e. The quantitative estimate of drug-likeness (QED) is 0.801. The predicted octanol–water partition coefficient (Wildman–Crippen LogP) is 1.30. The van der Waals surface area contributed by atoms with E-state index in [0.29, 0.717) is 11.7 Å². The molecule has 1 unspecified atom stereocenters. The summed E-state index contributed by atoms with van der Waals surface area (Å²) in [6, 6.07) is 0.361. The lowest BCUT2D eigenvalue weighted by molar-refractivity contribution is 0.749. The standard InChI is InChI=1S/C10H16N4S2/c1-7(6-16-3)14(2)10-8(9(11)15)12-4-5-13-10/h4-5,7H,6H2,1-3H3,(H2,11,15). The van der Waals surface area contributed by atoms with Crippen molar-refractivity contribution >= 4 is 34.8 Å². The zero-order valence-electron chi connectivity index (χ0n) is 9.67. The third-order valence-electron chi connectivity index (χ3n) is 2.32. The molecular weight excluding hydrogens is 240 g/mol. The van der Waals surface area contributed by atoms with E-state index in [-0.39, 0.29) is 4.99 Å². The highest BCUT2D eigenvalue weighted by molar-refractivity contribution is 7.98. The fourth-order valence-corrected chi connectivity index (χ4v) is 2.17. The van der Waals surface area contributed by atoms with E-state index in [2.05, 4.69) is 28.0 Å². The Bertz CT molecular complexity index is 370. The molecule has 0 saturated carbocycles. The molecule has 16 heavy (non-hydrogen) atoms. The van der Waals surface area contributed by atoms with E-state index in [1.807, 2.05) is 7.05 Å². The van der Waals surface area contributed by atoms with E-state index in [1.165, 1.54) is 0 Å². The monoisotopic (exact) mass is 256 g/mol. The average molecular weight is 256 g/mol. The molecule has 88 valence electrons. The summed E-state index contributed by atoms with van der Waals surface area (Å²) in [4.78, 5) is 10.8. The van der Waals surface area contributed by atoms with Crippen LogP contribution < -0.4 is 10.6 Å². The summed E-state index contributed by atoms with van der Waals surface area (Å²) >= 11 is 6.76. The van der Waals surface area contributed by atoms with E-state index in [0.717, 1.165) is 11.6 Å². The Labute approximate surface area is 106 Å². The molecule has 0 spiro atoms. The Morgan fingerprint density at radius 2 is 2.19 bits per heavy atom. The zero-order valence-corrected chi connectivity index (χ0v) is 11.3. The molecule has 0 saturated heterocycles. The number of thioether (sulfide) groups is 1. The van der Waals surface area contributed by atoms with E-state index in [1.54, 1.807) is 24.2 Å². The van der Waals surface area contributed by atoms with Crippen molar-refractivity contribution in [2.45, 2.75) is 13.0 Å². The van der Waals surface area contributed by atoms with Crippen LogP contribution in [0.2, 0.25) is 0 Å². The molecule has 0 aliphatic heterocycles. The third-order valence-corrected chi connectivity index (χ3v) is 3.32. The van der Waals surface area contributed by atoms with Crippen molar-refractivity contribution < 1.29 is 0 Å². The van der Waals surface area contributed by atoms with E-state index < -0.39 is 0 Å². The predicted molar refractivity (Wildman–Crippen MR) is 74.2 cm³/mol. The van der Waals surface area contributed by atoms with Crippen molar-refractivity contribution in [3.63, 3.8) is 0 Å². The molecule has 0 radical (unpaired) electrons. The molecule has 0 aromatic carbocycles. The lowest BCUT2D eigenvalue weighted by atomic mass is 10.3. The highest BCUT2D eigenvalue weighted by Crippen LogP contribution is 2.17. The summed E-state index contributed by atoms with van der Waals surface area (Å²) in [5.74, 6) is 1.76. The van der Waals surface area contributed by atoms with Crippen molar-refractivity contribution in [3.8, 4) is 0 Å². The minimum atomic E-state index is 0.284. The smallest absolute Gasteiger partial charge is 0.157 e. The van der Waals surface area contributed by atoms with Crippen molar-refractivity contribution in [1.29, 1.82) is 0 Å². The van der Waals surface area contributed by atoms with Crippen LogP contribution in [-0.4, -0.2) is 40.1 Å². The number of hydrogen-bond acceptors (Lipinski definition) is 5. The second kappa shape index (κ2) is 6.00. The largest absolute Gasteiger partial charge is 0.388 e. The van der Waals surface area contributed by atoms with Gasteiger partial charge in [0.25, 0.3) is 0 Å². The first-order chi connectivity index (χ1) is 7.57. The topological polar surface area (TPSA) is 55.0 Å². The zero-order chi connectivity index (χ0) is 12.1. The maximum atomic E-state index is 5.62. The van der Waals surface area contributed by atoms with Crippen molar-refractivity contribution in [2.75, 3.05) is 24.0 Å². The van der Waals surface area contributed by atoms with Gasteiger partial charge in [-0.15, -0.1) is 0 Å². The second-order valence-electron chi connectivity index (χ2n) is 3.51. The van der Waals surface area contributed by atoms with Gasteiger partial charge in [-0.3, -0.25) is 0 Å². The summed E-state index contributed by atoms with van der Waals surface area (Å²) < 4.78 is 0. The Morgan fingerprint density at radius 3 is 2.75 bits per heavy atom. The van der Waals surface area contributed by atoms with Gasteiger partial charge in [-0.05, 0) is 13.2 Å². The average Bonchev–Trinajstić information content (AvgIpc) is 2.28. The molecule has 1 aromatic heterocycles. The van der Waals surface area contributed by atoms with Gasteiger partial charge in [-0.2, -0.15) is 11.8 Å². The van der Waals surface area contributed by atoms with E-state index in [4.69, 9.17) is 18.0 Å². The Balaban J connectivity index is 2.98. The summed E-state index contributed by atoms with van der Waals surface area (Å²) in [5, 5.41) is 0. The summed E-state index contributed by atoms with van der Waals surface area (Å²) in [7, 11) is 1.98. The fraction of sp³-hybridized carbons (Fsp3) is 0.500. The van der Waals surface area contributed by atoms with Crippen LogP contribution in [0.1, 0.15) is 12.6 Å². The summed E-state index contributed by atoms with van der Waals surface area (Å²) in [5.41, 5.74) is 6.21. The highest BCUT2D eigenvalue weighted by atomic mass is 32.2. The Hall–Kier alpha value is -0.880. The first-order valence-corrected chi connectivity index (χ1v) is 6.70. The molecule has 0 fully saturated rings. The number of thiocarbonyl (C=S) groups is 1. The summed E-state index contributed by atoms with van der Waals surface area (Å²) in [6.45, 7) is 2.13. The first-order valence-electron chi connectivity index (χ1n) is 4.90. The van der Waals surface area contributed by atoms with Crippen LogP contribution >= 0.6 is 24.0 Å². The molecule has 0 aliphatic carbocycles. The van der Waals surface area contributed by atoms with Crippen LogP contribution in [0, 0.1) is 0 Å². The van der Waals surface area contributed by atoms with Gasteiger partial charge < -0.3 is 10.6 Å². The van der Waals surface area contributed by atoms with Crippen molar-refractivity contribution in [1.82, 2.24) is 9.97 Å². The third kappa shape index (κ3) is 3.05. The Kier molecular flexibility index (Phi) is 4.95. The van der Waals surface area contributed by atoms with Gasteiger partial charge in [0.2, 0.25) is 0 Å². The van der Waals surface area contributed by atoms with E-state index in [9.17, 15) is 0 Å². The second-order valence-corrected chi connectivity index (χ2v) is 4.86. The molecule has 0 amide bonds. The molecule has 1 atom stereocenters. The molecule has 0 aliphatic rings. The van der Waals surface area contributed by atoms with Crippen LogP contribution in [0.3, 0.4) is 0 Å². The molecule has 1 rings (SSSR count). The van der Waals surface area contributed by atoms with Gasteiger partial charge in [0, 0.05) is 31.2 Å². The molecule has 4 nitrogen and oxygen atoms in total. The lowest BCUT2D eigenvalue weighted by Gasteiger charge is -2.26. The maximum Gasteiger partial charge on any atom is 0.157 e. The van der Waals surface area contributed by atoms with Gasteiger partial charge in [0.15, 0.2) is 5.82 Å². The highest BCUT2D eigenvalue weighted by Gasteiger charge is 2.16. The van der Waals surface area contributed by atoms with Crippen LogP contribution in [-0.2, 0) is 0 Å². The first kappa shape index (κ1) is 13.2. The van der Waals surface area contributed by atoms with E-state index >= 15 is 0 Å². The van der Waals surface area contributed by atoms with Crippen LogP contribution in [0.5, 0.6) is 0 Å². The molecule has 1 aromatic rings. The number of hydrogen-bond donors (Lipinski definition) is 1. The van der Waals surface area contributed by atoms with Gasteiger partial charge in [-0.25, -0.2) is 9.97 Å². The number of nitrogens with zero attached hydrogens (tertiary/aromatic N) is 3. The van der Waals surface area contributed by atoms with Crippen molar-refractivity contribution in [3.05, 3.63) is 18.1 Å². The Morgan fingerprint density at radius 1 is 1.56 bits per heavy atom. The SMILES string of the molecule is CSCC(C)N(C)c1nccnc1C(N)=S. The number of anilines is 1. The normalized spacial score (nSPS) is 12.2. The molecule has 6 heteroatoms. The maximum absolute atomic E-state index is 5.62. The van der Waals surface area contributed by atoms with Crippen LogP contribution in [0.4, 0.5) is 5.82 Å². The molecule has 2 N–H and O–H groups in total. The summed E-state index contributed by atoms with van der Waals surface area (Å²) in [6.07, 6.45) is 5.33. The number of rotatable bonds is 5. The lowest BCUT2D eigenvalue weighted by Crippen LogP contribution is -2.33. The van der Waals surface area contributed by atoms with Gasteiger partial charge in [0.1, 0.15) is 10.7 Å². The van der Waals surface area contributed by atoms with Gasteiger partial charge in [0.05, 0.1) is 0 Å². The van der Waals surface area contributed by atoms with Crippen LogP contribution in [0.15, 0.2) is 12.4 Å². The molecule has 0 bridgehead atoms. The number of aromatic nitrogens is 2. The minimum absolute atomic E-state index is 0.284. The molecule has 1 heterocycles. The van der Waals surface area contributed by atoms with Gasteiger partial charge in [-0.1, -0.05) is 12.2 Å². The van der Waals surface area contributed by atoms with Crippen LogP contribution in [0.25, 0.3) is 0 Å².